The van der Waals surface area contributed by atoms with Crippen LogP contribution in [0.5, 0.6) is 0 Å². The van der Waals surface area contributed by atoms with Crippen molar-refractivity contribution in [1.29, 1.82) is 0 Å². The van der Waals surface area contributed by atoms with Crippen molar-refractivity contribution in [2.75, 3.05) is 18.1 Å². The van der Waals surface area contributed by atoms with E-state index in [0.29, 0.717) is 12.6 Å². The Kier molecular flexibility index (Phi) is 5.44. The van der Waals surface area contributed by atoms with E-state index >= 15 is 0 Å². The van der Waals surface area contributed by atoms with Crippen LogP contribution >= 0.6 is 11.8 Å². The van der Waals surface area contributed by atoms with Gasteiger partial charge in [-0.1, -0.05) is 13.8 Å². The number of aliphatic hydroxyl groups is 1. The zero-order valence-corrected chi connectivity index (χ0v) is 11.1. The van der Waals surface area contributed by atoms with Crippen LogP contribution in [0.4, 0.5) is 0 Å². The summed E-state index contributed by atoms with van der Waals surface area (Å²) in [5.41, 5.74) is 0.0673. The van der Waals surface area contributed by atoms with E-state index in [0.717, 1.165) is 24.5 Å². The molecule has 0 radical (unpaired) electrons. The fourth-order valence-electron chi connectivity index (χ4n) is 2.00. The molecule has 1 rings (SSSR count). The number of aliphatic hydroxyl groups excluding tert-OH is 1. The first-order valence-corrected chi connectivity index (χ1v) is 7.20. The van der Waals surface area contributed by atoms with E-state index in [1.54, 1.807) is 0 Å². The Morgan fingerprint density at radius 2 is 1.93 bits per heavy atom. The molecule has 1 aliphatic carbocycles. The molecule has 1 saturated carbocycles. The van der Waals surface area contributed by atoms with E-state index in [9.17, 15) is 5.11 Å². The van der Waals surface area contributed by atoms with Crippen molar-refractivity contribution in [1.82, 2.24) is 5.32 Å². The summed E-state index contributed by atoms with van der Waals surface area (Å²) in [6.07, 6.45) is 3.55. The van der Waals surface area contributed by atoms with Gasteiger partial charge in [0.05, 0.1) is 6.61 Å². The molecule has 15 heavy (non-hydrogen) atoms. The highest BCUT2D eigenvalue weighted by Gasteiger charge is 2.36. The Bertz CT molecular complexity index is 175. The first-order valence-electron chi connectivity index (χ1n) is 6.04. The molecule has 1 unspecified atom stereocenters. The number of nitrogens with one attached hydrogen (secondary N) is 1. The summed E-state index contributed by atoms with van der Waals surface area (Å²) in [7, 11) is 0. The lowest BCUT2D eigenvalue weighted by Crippen LogP contribution is -2.57. The largest absolute Gasteiger partial charge is 0.394 e. The van der Waals surface area contributed by atoms with Crippen molar-refractivity contribution in [2.24, 2.45) is 5.92 Å². The maximum absolute atomic E-state index is 9.33. The molecule has 3 heteroatoms. The summed E-state index contributed by atoms with van der Waals surface area (Å²) in [6, 6.07) is 0.515. The molecule has 1 fully saturated rings. The van der Waals surface area contributed by atoms with Crippen molar-refractivity contribution >= 4 is 11.8 Å². The zero-order chi connectivity index (χ0) is 11.3. The Balaban J connectivity index is 2.14. The Hall–Kier alpha value is 0.270. The Morgan fingerprint density at radius 3 is 2.33 bits per heavy atom. The van der Waals surface area contributed by atoms with Gasteiger partial charge < -0.3 is 10.4 Å². The average Bonchev–Trinajstić information content (AvgIpc) is 2.11. The van der Waals surface area contributed by atoms with Crippen molar-refractivity contribution in [3.05, 3.63) is 0 Å². The molecule has 2 nitrogen and oxygen atoms in total. The quantitative estimate of drug-likeness (QED) is 0.705. The van der Waals surface area contributed by atoms with Gasteiger partial charge in [0.1, 0.15) is 0 Å². The molecule has 0 saturated heterocycles. The van der Waals surface area contributed by atoms with Crippen LogP contribution in [-0.2, 0) is 0 Å². The van der Waals surface area contributed by atoms with Crippen LogP contribution in [0, 0.1) is 5.92 Å². The highest BCUT2D eigenvalue weighted by Crippen LogP contribution is 2.31. The Labute approximate surface area is 98.2 Å². The van der Waals surface area contributed by atoms with Crippen molar-refractivity contribution < 1.29 is 5.11 Å². The number of hydrogen-bond acceptors (Lipinski definition) is 3. The second-order valence-electron chi connectivity index (χ2n) is 5.27. The standard InChI is InChI=1S/C12H25NOS/c1-10(2)7-15-8-11(3)13-12(9-14)5-4-6-12/h10-11,13-14H,4-9H2,1-3H3. The van der Waals surface area contributed by atoms with Gasteiger partial charge in [-0.05, 0) is 37.9 Å². The van der Waals surface area contributed by atoms with E-state index < -0.39 is 0 Å². The van der Waals surface area contributed by atoms with E-state index in [1.807, 2.05) is 11.8 Å². The minimum atomic E-state index is 0.0673. The minimum absolute atomic E-state index is 0.0673. The zero-order valence-electron chi connectivity index (χ0n) is 10.3. The van der Waals surface area contributed by atoms with Crippen LogP contribution in [0.15, 0.2) is 0 Å². The molecule has 0 aromatic carbocycles. The van der Waals surface area contributed by atoms with E-state index in [2.05, 4.69) is 26.1 Å². The van der Waals surface area contributed by atoms with Gasteiger partial charge in [0.25, 0.3) is 0 Å². The molecule has 0 spiro atoms. The van der Waals surface area contributed by atoms with E-state index in [1.165, 1.54) is 12.2 Å². The van der Waals surface area contributed by atoms with Crippen LogP contribution in [-0.4, -0.2) is 34.8 Å². The predicted molar refractivity (Wildman–Crippen MR) is 68.4 cm³/mol. The minimum Gasteiger partial charge on any atom is -0.394 e. The van der Waals surface area contributed by atoms with Crippen LogP contribution in [0.2, 0.25) is 0 Å². The smallest absolute Gasteiger partial charge is 0.0613 e. The van der Waals surface area contributed by atoms with E-state index in [-0.39, 0.29) is 5.54 Å². The third kappa shape index (κ3) is 4.33. The topological polar surface area (TPSA) is 32.3 Å². The molecule has 1 aliphatic rings. The summed E-state index contributed by atoms with van der Waals surface area (Å²) >= 11 is 2.01. The number of hydrogen-bond donors (Lipinski definition) is 2. The van der Waals surface area contributed by atoms with Gasteiger partial charge in [-0.15, -0.1) is 0 Å². The SMILES string of the molecule is CC(C)CSCC(C)NC1(CO)CCC1. The molecule has 2 N–H and O–H groups in total. The molecule has 0 aromatic rings. The molecular formula is C12H25NOS. The van der Waals surface area contributed by atoms with E-state index in [4.69, 9.17) is 0 Å². The molecule has 1 atom stereocenters. The maximum Gasteiger partial charge on any atom is 0.0613 e. The van der Waals surface area contributed by atoms with Crippen molar-refractivity contribution in [2.45, 2.75) is 51.6 Å². The lowest BCUT2D eigenvalue weighted by molar-refractivity contribution is 0.0814. The van der Waals surface area contributed by atoms with Crippen LogP contribution < -0.4 is 5.32 Å². The lowest BCUT2D eigenvalue weighted by Gasteiger charge is -2.43. The third-order valence-electron chi connectivity index (χ3n) is 2.98. The average molecular weight is 231 g/mol. The van der Waals surface area contributed by atoms with Crippen LogP contribution in [0.3, 0.4) is 0 Å². The van der Waals surface area contributed by atoms with Gasteiger partial charge in [-0.2, -0.15) is 11.8 Å². The Morgan fingerprint density at radius 1 is 1.27 bits per heavy atom. The fourth-order valence-corrected chi connectivity index (χ4v) is 3.04. The molecule has 90 valence electrons. The fraction of sp³-hybridized carbons (Fsp3) is 1.00. The summed E-state index contributed by atoms with van der Waals surface area (Å²) in [4.78, 5) is 0. The van der Waals surface area contributed by atoms with Gasteiger partial charge in [-0.3, -0.25) is 0 Å². The second kappa shape index (κ2) is 6.12. The van der Waals surface area contributed by atoms with Gasteiger partial charge in [-0.25, -0.2) is 0 Å². The first-order chi connectivity index (χ1) is 7.08. The second-order valence-corrected chi connectivity index (χ2v) is 6.34. The van der Waals surface area contributed by atoms with Crippen molar-refractivity contribution in [3.63, 3.8) is 0 Å². The first kappa shape index (κ1) is 13.3. The van der Waals surface area contributed by atoms with Crippen LogP contribution in [0.1, 0.15) is 40.0 Å². The molecule has 0 amide bonds. The van der Waals surface area contributed by atoms with Gasteiger partial charge >= 0.3 is 0 Å². The summed E-state index contributed by atoms with van der Waals surface area (Å²) in [5.74, 6) is 3.16. The molecule has 0 heterocycles. The summed E-state index contributed by atoms with van der Waals surface area (Å²) < 4.78 is 0. The summed E-state index contributed by atoms with van der Waals surface area (Å²) in [6.45, 7) is 7.04. The van der Waals surface area contributed by atoms with Gasteiger partial charge in [0, 0.05) is 17.3 Å². The predicted octanol–water partition coefficient (Wildman–Crippen LogP) is 2.27. The van der Waals surface area contributed by atoms with Gasteiger partial charge in [0.15, 0.2) is 0 Å². The molecule has 0 aliphatic heterocycles. The van der Waals surface area contributed by atoms with Crippen LogP contribution in [0.25, 0.3) is 0 Å². The lowest BCUT2D eigenvalue weighted by atomic mass is 9.77. The number of rotatable bonds is 7. The highest BCUT2D eigenvalue weighted by molar-refractivity contribution is 7.99. The molecule has 0 aromatic heterocycles. The number of thioether (sulfide) groups is 1. The monoisotopic (exact) mass is 231 g/mol. The maximum atomic E-state index is 9.33. The summed E-state index contributed by atoms with van der Waals surface area (Å²) in [5, 5.41) is 12.9. The normalized spacial score (nSPS) is 21.4. The molecule has 0 bridgehead atoms. The third-order valence-corrected chi connectivity index (χ3v) is 4.62. The molecular weight excluding hydrogens is 206 g/mol. The highest BCUT2D eigenvalue weighted by atomic mass is 32.2. The van der Waals surface area contributed by atoms with Gasteiger partial charge in [0.2, 0.25) is 0 Å². The van der Waals surface area contributed by atoms with Crippen molar-refractivity contribution in [3.8, 4) is 0 Å².